The van der Waals surface area contributed by atoms with E-state index >= 15 is 0 Å². The summed E-state index contributed by atoms with van der Waals surface area (Å²) in [5.41, 5.74) is 1.47. The molecular weight excluding hydrogens is 326 g/mol. The van der Waals surface area contributed by atoms with Gasteiger partial charge in [0.05, 0.1) is 30.9 Å². The molecular formula is C21H21N3O2. The van der Waals surface area contributed by atoms with Crippen LogP contribution in [0.25, 0.3) is 21.7 Å². The number of morpholine rings is 1. The maximum atomic E-state index is 9.02. The number of ether oxygens (including phenoxy) is 2. The third kappa shape index (κ3) is 3.77. The quantitative estimate of drug-likeness (QED) is 0.523. The van der Waals surface area contributed by atoms with Crippen molar-refractivity contribution in [2.45, 2.75) is 6.42 Å². The summed E-state index contributed by atoms with van der Waals surface area (Å²) < 4.78 is 11.3. The van der Waals surface area contributed by atoms with Gasteiger partial charge in [-0.1, -0.05) is 6.07 Å². The Kier molecular flexibility index (Phi) is 4.96. The highest BCUT2D eigenvalue weighted by atomic mass is 16.5. The third-order valence-corrected chi connectivity index (χ3v) is 4.73. The number of pyridine rings is 1. The lowest BCUT2D eigenvalue weighted by atomic mass is 10.1. The molecule has 1 saturated heterocycles. The lowest BCUT2D eigenvalue weighted by Gasteiger charge is -2.26. The summed E-state index contributed by atoms with van der Waals surface area (Å²) in [6.07, 6.45) is 2.62. The standard InChI is InChI=1S/C21H21N3O2/c22-14-16-10-19-11-17-2-3-20(12-18(17)13-21(19)23-15-16)26-7-1-4-24-5-8-25-9-6-24/h2-3,10-13,15H,1,4-9H2. The van der Waals surface area contributed by atoms with E-state index < -0.39 is 0 Å². The Morgan fingerprint density at radius 2 is 1.96 bits per heavy atom. The van der Waals surface area contributed by atoms with E-state index in [-0.39, 0.29) is 0 Å². The van der Waals surface area contributed by atoms with Crippen molar-refractivity contribution < 1.29 is 9.47 Å². The minimum atomic E-state index is 0.581. The van der Waals surface area contributed by atoms with Gasteiger partial charge in [-0.2, -0.15) is 5.26 Å². The van der Waals surface area contributed by atoms with Crippen molar-refractivity contribution in [2.24, 2.45) is 0 Å². The molecule has 132 valence electrons. The molecule has 0 radical (unpaired) electrons. The Morgan fingerprint density at radius 1 is 1.08 bits per heavy atom. The maximum Gasteiger partial charge on any atom is 0.119 e. The number of benzene rings is 2. The van der Waals surface area contributed by atoms with E-state index in [1.807, 2.05) is 18.2 Å². The monoisotopic (exact) mass is 347 g/mol. The van der Waals surface area contributed by atoms with Crippen molar-refractivity contribution in [3.63, 3.8) is 0 Å². The minimum Gasteiger partial charge on any atom is -0.494 e. The Labute approximate surface area is 152 Å². The SMILES string of the molecule is N#Cc1cnc2cc3cc(OCCCN4CCOCC4)ccc3cc2c1. The molecule has 1 aliphatic rings. The molecule has 3 aromatic rings. The number of rotatable bonds is 5. The van der Waals surface area contributed by atoms with Crippen LogP contribution < -0.4 is 4.74 Å². The summed E-state index contributed by atoms with van der Waals surface area (Å²) in [5.74, 6) is 0.882. The lowest BCUT2D eigenvalue weighted by Crippen LogP contribution is -2.37. The second-order valence-electron chi connectivity index (χ2n) is 6.55. The molecule has 0 saturated carbocycles. The van der Waals surface area contributed by atoms with Crippen LogP contribution in [0.15, 0.2) is 42.6 Å². The number of hydrogen-bond donors (Lipinski definition) is 0. The van der Waals surface area contributed by atoms with Crippen LogP contribution in [0.2, 0.25) is 0 Å². The van der Waals surface area contributed by atoms with Gasteiger partial charge in [-0.05, 0) is 47.5 Å². The molecule has 5 heteroatoms. The molecule has 2 aromatic carbocycles. The van der Waals surface area contributed by atoms with Crippen LogP contribution in [-0.4, -0.2) is 49.3 Å². The zero-order chi connectivity index (χ0) is 17.8. The Balaban J connectivity index is 1.43. The van der Waals surface area contributed by atoms with E-state index in [1.165, 1.54) is 0 Å². The summed E-state index contributed by atoms with van der Waals surface area (Å²) in [6.45, 7) is 5.47. The zero-order valence-electron chi connectivity index (χ0n) is 14.6. The van der Waals surface area contributed by atoms with E-state index in [1.54, 1.807) is 6.20 Å². The average molecular weight is 347 g/mol. The van der Waals surface area contributed by atoms with Crippen molar-refractivity contribution in [3.05, 3.63) is 48.2 Å². The predicted molar refractivity (Wildman–Crippen MR) is 101 cm³/mol. The van der Waals surface area contributed by atoms with E-state index in [0.717, 1.165) is 66.7 Å². The number of fused-ring (bicyclic) bond motifs is 2. The van der Waals surface area contributed by atoms with Gasteiger partial charge in [0.1, 0.15) is 11.8 Å². The molecule has 0 unspecified atom stereocenters. The highest BCUT2D eigenvalue weighted by Gasteiger charge is 2.09. The second kappa shape index (κ2) is 7.69. The Hall–Kier alpha value is -2.68. The molecule has 2 heterocycles. The smallest absolute Gasteiger partial charge is 0.119 e. The average Bonchev–Trinajstić information content (AvgIpc) is 2.70. The van der Waals surface area contributed by atoms with Gasteiger partial charge in [-0.25, -0.2) is 0 Å². The Bertz CT molecular complexity index is 959. The van der Waals surface area contributed by atoms with E-state index in [0.29, 0.717) is 12.2 Å². The number of nitrogens with zero attached hydrogens (tertiary/aromatic N) is 3. The van der Waals surface area contributed by atoms with Crippen LogP contribution in [-0.2, 0) is 4.74 Å². The minimum absolute atomic E-state index is 0.581. The fraction of sp³-hybridized carbons (Fsp3) is 0.333. The highest BCUT2D eigenvalue weighted by Crippen LogP contribution is 2.26. The topological polar surface area (TPSA) is 58.4 Å². The molecule has 1 aromatic heterocycles. The summed E-state index contributed by atoms with van der Waals surface area (Å²) in [6, 6.07) is 14.3. The van der Waals surface area contributed by atoms with Gasteiger partial charge >= 0.3 is 0 Å². The van der Waals surface area contributed by atoms with Gasteiger partial charge in [-0.3, -0.25) is 9.88 Å². The first kappa shape index (κ1) is 16.8. The van der Waals surface area contributed by atoms with Crippen molar-refractivity contribution in [2.75, 3.05) is 39.5 Å². The van der Waals surface area contributed by atoms with E-state index in [9.17, 15) is 0 Å². The molecule has 5 nitrogen and oxygen atoms in total. The van der Waals surface area contributed by atoms with Crippen LogP contribution >= 0.6 is 0 Å². The summed E-state index contributed by atoms with van der Waals surface area (Å²) in [7, 11) is 0. The fourth-order valence-electron chi connectivity index (χ4n) is 3.31. The molecule has 0 bridgehead atoms. The Morgan fingerprint density at radius 3 is 2.81 bits per heavy atom. The van der Waals surface area contributed by atoms with E-state index in [4.69, 9.17) is 14.7 Å². The van der Waals surface area contributed by atoms with Crippen LogP contribution in [0.3, 0.4) is 0 Å². The normalized spacial score (nSPS) is 15.2. The molecule has 0 N–H and O–H groups in total. The first-order chi connectivity index (χ1) is 12.8. The third-order valence-electron chi connectivity index (χ3n) is 4.73. The molecule has 0 amide bonds. The number of aromatic nitrogens is 1. The molecule has 1 fully saturated rings. The van der Waals surface area contributed by atoms with Crippen LogP contribution in [0.4, 0.5) is 0 Å². The van der Waals surface area contributed by atoms with Crippen molar-refractivity contribution >= 4 is 21.7 Å². The van der Waals surface area contributed by atoms with E-state index in [2.05, 4.69) is 34.2 Å². The van der Waals surface area contributed by atoms with Gasteiger partial charge in [0.25, 0.3) is 0 Å². The van der Waals surface area contributed by atoms with Crippen LogP contribution in [0.1, 0.15) is 12.0 Å². The zero-order valence-corrected chi connectivity index (χ0v) is 14.6. The lowest BCUT2D eigenvalue weighted by molar-refractivity contribution is 0.0358. The van der Waals surface area contributed by atoms with Gasteiger partial charge < -0.3 is 9.47 Å². The predicted octanol–water partition coefficient (Wildman–Crippen LogP) is 3.36. The van der Waals surface area contributed by atoms with Gasteiger partial charge in [0.2, 0.25) is 0 Å². The van der Waals surface area contributed by atoms with Crippen molar-refractivity contribution in [1.82, 2.24) is 9.88 Å². The summed E-state index contributed by atoms with van der Waals surface area (Å²) >= 11 is 0. The molecule has 0 atom stereocenters. The first-order valence-electron chi connectivity index (χ1n) is 8.98. The molecule has 0 aliphatic carbocycles. The molecule has 0 spiro atoms. The van der Waals surface area contributed by atoms with Crippen LogP contribution in [0.5, 0.6) is 5.75 Å². The first-order valence-corrected chi connectivity index (χ1v) is 8.98. The number of hydrogen-bond acceptors (Lipinski definition) is 5. The molecule has 26 heavy (non-hydrogen) atoms. The maximum absolute atomic E-state index is 9.02. The van der Waals surface area contributed by atoms with Crippen molar-refractivity contribution in [3.8, 4) is 11.8 Å². The highest BCUT2D eigenvalue weighted by molar-refractivity contribution is 5.97. The number of nitriles is 1. The molecule has 4 rings (SSSR count). The molecule has 1 aliphatic heterocycles. The summed E-state index contributed by atoms with van der Waals surface area (Å²) in [4.78, 5) is 6.80. The largest absolute Gasteiger partial charge is 0.494 e. The van der Waals surface area contributed by atoms with Gasteiger partial charge in [0.15, 0.2) is 0 Å². The fourth-order valence-corrected chi connectivity index (χ4v) is 3.31. The van der Waals surface area contributed by atoms with Gasteiger partial charge in [0, 0.05) is 31.2 Å². The van der Waals surface area contributed by atoms with Crippen molar-refractivity contribution in [1.29, 1.82) is 5.26 Å². The second-order valence-corrected chi connectivity index (χ2v) is 6.55. The summed E-state index contributed by atoms with van der Waals surface area (Å²) in [5, 5.41) is 12.2. The van der Waals surface area contributed by atoms with Crippen LogP contribution in [0, 0.1) is 11.3 Å². The van der Waals surface area contributed by atoms with Gasteiger partial charge in [-0.15, -0.1) is 0 Å².